The van der Waals surface area contributed by atoms with E-state index in [1.54, 1.807) is 0 Å². The van der Waals surface area contributed by atoms with Gasteiger partial charge < -0.3 is 0 Å². The molecule has 0 fully saturated rings. The van der Waals surface area contributed by atoms with Gasteiger partial charge in [0.2, 0.25) is 0 Å². The summed E-state index contributed by atoms with van der Waals surface area (Å²) in [5, 5.41) is 0. The Kier molecular flexibility index (Phi) is 9.85. The van der Waals surface area contributed by atoms with Crippen molar-refractivity contribution in [2.24, 2.45) is 0 Å². The summed E-state index contributed by atoms with van der Waals surface area (Å²) in [5.41, 5.74) is 5.61. The fourth-order valence-corrected chi connectivity index (χ4v) is 7.06. The van der Waals surface area contributed by atoms with Gasteiger partial charge in [0, 0.05) is 39.9 Å². The van der Waals surface area contributed by atoms with Gasteiger partial charge in [-0.2, -0.15) is 0 Å². The number of thioether (sulfide) groups is 2. The van der Waals surface area contributed by atoms with Crippen LogP contribution < -0.4 is 0 Å². The summed E-state index contributed by atoms with van der Waals surface area (Å²) in [5.74, 6) is 2.37. The van der Waals surface area contributed by atoms with Crippen LogP contribution in [0.5, 0.6) is 0 Å². The zero-order chi connectivity index (χ0) is 18.4. The van der Waals surface area contributed by atoms with Gasteiger partial charge in [0.05, 0.1) is 0 Å². The lowest BCUT2D eigenvalue weighted by atomic mass is 10.1. The first-order valence-corrected chi connectivity index (χ1v) is 14.1. The Hall–Kier alpha value is 0.950. The largest absolute Gasteiger partial charge is 0.125 e. The second-order valence-electron chi connectivity index (χ2n) is 5.95. The van der Waals surface area contributed by atoms with Crippen molar-refractivity contribution in [2.45, 2.75) is 47.3 Å². The van der Waals surface area contributed by atoms with E-state index in [0.717, 1.165) is 0 Å². The lowest BCUT2D eigenvalue weighted by Crippen LogP contribution is -1.91. The van der Waals surface area contributed by atoms with E-state index < -0.39 is 0 Å². The molecule has 0 radical (unpaired) electrons. The van der Waals surface area contributed by atoms with Crippen molar-refractivity contribution < 1.29 is 0 Å². The highest BCUT2D eigenvalue weighted by molar-refractivity contribution is 14.1. The molecule has 136 valence electrons. The highest BCUT2D eigenvalue weighted by Crippen LogP contribution is 2.37. The fraction of sp³-hybridized carbons (Fsp3) is 0.400. The van der Waals surface area contributed by atoms with E-state index in [1.165, 1.54) is 62.2 Å². The standard InChI is InChI=1S/C20H24I2S3/c1-13-9-17(10-14(2)19(13)23-7-5-21)25-18-11-15(3)20(16(4)12-18)24-8-6-22/h9-12H,5-8H2,1-4H3. The van der Waals surface area contributed by atoms with Gasteiger partial charge in [0.15, 0.2) is 0 Å². The van der Waals surface area contributed by atoms with Gasteiger partial charge in [-0.05, 0) is 74.2 Å². The van der Waals surface area contributed by atoms with E-state index in [1.807, 2.05) is 35.3 Å². The molecular weight excluding hydrogens is 590 g/mol. The first-order valence-electron chi connectivity index (χ1n) is 8.24. The van der Waals surface area contributed by atoms with Crippen LogP contribution in [-0.2, 0) is 0 Å². The fourth-order valence-electron chi connectivity index (χ4n) is 2.81. The number of aryl methyl sites for hydroxylation is 4. The van der Waals surface area contributed by atoms with Crippen LogP contribution in [0.15, 0.2) is 43.8 Å². The molecule has 0 amide bonds. The number of hydrogen-bond donors (Lipinski definition) is 0. The Morgan fingerprint density at radius 2 is 0.960 bits per heavy atom. The Labute approximate surface area is 192 Å². The third kappa shape index (κ3) is 6.50. The summed E-state index contributed by atoms with van der Waals surface area (Å²) in [6.45, 7) is 8.97. The number of halogens is 2. The lowest BCUT2D eigenvalue weighted by Gasteiger charge is -2.14. The molecule has 5 heteroatoms. The molecule has 0 nitrogen and oxygen atoms in total. The summed E-state index contributed by atoms with van der Waals surface area (Å²) < 4.78 is 2.39. The molecule has 0 spiro atoms. The Bertz CT molecular complexity index is 621. The molecular formula is C20H24I2S3. The van der Waals surface area contributed by atoms with Gasteiger partial charge in [0.25, 0.3) is 0 Å². The summed E-state index contributed by atoms with van der Waals surface area (Å²) in [4.78, 5) is 5.61. The van der Waals surface area contributed by atoms with Crippen molar-refractivity contribution in [3.8, 4) is 0 Å². The van der Waals surface area contributed by atoms with Crippen LogP contribution in [0.25, 0.3) is 0 Å². The third-order valence-corrected chi connectivity index (χ3v) is 9.92. The molecule has 2 aromatic carbocycles. The molecule has 0 N–H and O–H groups in total. The summed E-state index contributed by atoms with van der Waals surface area (Å²) in [6, 6.07) is 9.38. The molecule has 0 heterocycles. The maximum atomic E-state index is 2.45. The van der Waals surface area contributed by atoms with E-state index in [0.29, 0.717) is 0 Å². The van der Waals surface area contributed by atoms with Crippen LogP contribution in [0, 0.1) is 27.7 Å². The van der Waals surface area contributed by atoms with Crippen molar-refractivity contribution in [1.29, 1.82) is 0 Å². The van der Waals surface area contributed by atoms with Crippen molar-refractivity contribution >= 4 is 80.5 Å². The predicted molar refractivity (Wildman–Crippen MR) is 135 cm³/mol. The Morgan fingerprint density at radius 3 is 1.24 bits per heavy atom. The van der Waals surface area contributed by atoms with E-state index in [9.17, 15) is 0 Å². The maximum Gasteiger partial charge on any atom is 0.0131 e. The SMILES string of the molecule is Cc1cc(Sc2cc(C)c(SCCI)c(C)c2)cc(C)c1SCCI. The topological polar surface area (TPSA) is 0 Å². The molecule has 0 aliphatic carbocycles. The molecule has 0 unspecified atom stereocenters. The Morgan fingerprint density at radius 1 is 0.640 bits per heavy atom. The molecule has 0 aliphatic heterocycles. The van der Waals surface area contributed by atoms with E-state index >= 15 is 0 Å². The second kappa shape index (κ2) is 11.1. The van der Waals surface area contributed by atoms with Crippen LogP contribution in [0.4, 0.5) is 0 Å². The molecule has 0 saturated heterocycles. The zero-order valence-corrected chi connectivity index (χ0v) is 21.9. The van der Waals surface area contributed by atoms with Crippen molar-refractivity contribution in [2.75, 3.05) is 20.4 Å². The Balaban J connectivity index is 2.22. The predicted octanol–water partition coefficient (Wildman–Crippen LogP) is 8.13. The quantitative estimate of drug-likeness (QED) is 0.168. The number of alkyl halides is 2. The van der Waals surface area contributed by atoms with Gasteiger partial charge in [-0.25, -0.2) is 0 Å². The maximum absolute atomic E-state index is 2.45. The van der Waals surface area contributed by atoms with Crippen LogP contribution in [0.2, 0.25) is 0 Å². The first kappa shape index (κ1) is 22.2. The van der Waals surface area contributed by atoms with E-state index in [4.69, 9.17) is 0 Å². The zero-order valence-electron chi connectivity index (χ0n) is 15.1. The monoisotopic (exact) mass is 614 g/mol. The minimum atomic E-state index is 1.18. The smallest absolute Gasteiger partial charge is 0.0131 e. The lowest BCUT2D eigenvalue weighted by molar-refractivity contribution is 1.15. The molecule has 0 atom stereocenters. The number of rotatable bonds is 8. The van der Waals surface area contributed by atoms with Gasteiger partial charge in [-0.3, -0.25) is 0 Å². The van der Waals surface area contributed by atoms with Gasteiger partial charge in [0.1, 0.15) is 0 Å². The van der Waals surface area contributed by atoms with Gasteiger partial charge >= 0.3 is 0 Å². The van der Waals surface area contributed by atoms with Gasteiger partial charge in [-0.15, -0.1) is 23.5 Å². The van der Waals surface area contributed by atoms with Crippen molar-refractivity contribution in [1.82, 2.24) is 0 Å². The van der Waals surface area contributed by atoms with Gasteiger partial charge in [-0.1, -0.05) is 56.9 Å². The van der Waals surface area contributed by atoms with Crippen molar-refractivity contribution in [3.63, 3.8) is 0 Å². The highest BCUT2D eigenvalue weighted by Gasteiger charge is 2.10. The molecule has 2 rings (SSSR count). The second-order valence-corrected chi connectivity index (χ2v) is 11.5. The van der Waals surface area contributed by atoms with Crippen LogP contribution >= 0.6 is 80.5 Å². The summed E-state index contributed by atoms with van der Waals surface area (Å²) in [6.07, 6.45) is 0. The third-order valence-electron chi connectivity index (χ3n) is 3.75. The average molecular weight is 614 g/mol. The molecule has 25 heavy (non-hydrogen) atoms. The average Bonchev–Trinajstić information content (AvgIpc) is 2.53. The number of hydrogen-bond acceptors (Lipinski definition) is 3. The first-order chi connectivity index (χ1) is 12.0. The molecule has 0 aromatic heterocycles. The van der Waals surface area contributed by atoms with Crippen molar-refractivity contribution in [3.05, 3.63) is 46.5 Å². The van der Waals surface area contributed by atoms with Crippen LogP contribution in [-0.4, -0.2) is 20.4 Å². The minimum Gasteiger partial charge on any atom is -0.125 e. The minimum absolute atomic E-state index is 1.18. The van der Waals surface area contributed by atoms with Crippen LogP contribution in [0.3, 0.4) is 0 Å². The molecule has 0 aliphatic rings. The number of benzene rings is 2. The van der Waals surface area contributed by atoms with E-state index in [2.05, 4.69) is 97.1 Å². The van der Waals surface area contributed by atoms with E-state index in [-0.39, 0.29) is 0 Å². The normalized spacial score (nSPS) is 11.1. The molecule has 0 saturated carbocycles. The summed E-state index contributed by atoms with van der Waals surface area (Å²) in [7, 11) is 0. The van der Waals surface area contributed by atoms with Crippen LogP contribution in [0.1, 0.15) is 22.3 Å². The summed E-state index contributed by atoms with van der Waals surface area (Å²) >= 11 is 10.8. The highest BCUT2D eigenvalue weighted by atomic mass is 127. The molecule has 0 bridgehead atoms. The molecule has 2 aromatic rings.